The van der Waals surface area contributed by atoms with Crippen molar-refractivity contribution in [1.29, 1.82) is 0 Å². The second-order valence-electron chi connectivity index (χ2n) is 6.37. The monoisotopic (exact) mass is 292 g/mol. The molecule has 4 heteroatoms. The predicted molar refractivity (Wildman–Crippen MR) is 83.3 cm³/mol. The Bertz CT molecular complexity index is 465. The Morgan fingerprint density at radius 2 is 1.95 bits per heavy atom. The van der Waals surface area contributed by atoms with Crippen molar-refractivity contribution in [2.24, 2.45) is 5.73 Å². The number of nitrogens with two attached hydrogens (primary N) is 1. The van der Waals surface area contributed by atoms with Gasteiger partial charge in [-0.1, -0.05) is 19.3 Å². The van der Waals surface area contributed by atoms with Crippen molar-refractivity contribution in [3.8, 4) is 0 Å². The highest BCUT2D eigenvalue weighted by atomic mass is 32.1. The number of fused-ring (bicyclic) bond motifs is 1. The molecule has 3 N–H and O–H groups in total. The molecule has 0 saturated heterocycles. The van der Waals surface area contributed by atoms with Crippen LogP contribution in [0.2, 0.25) is 0 Å². The van der Waals surface area contributed by atoms with E-state index >= 15 is 0 Å². The molecule has 1 saturated carbocycles. The molecule has 2 aliphatic carbocycles. The molecule has 0 aliphatic heterocycles. The lowest BCUT2D eigenvalue weighted by Gasteiger charge is -2.33. The Hall–Kier alpha value is -0.870. The van der Waals surface area contributed by atoms with E-state index in [0.29, 0.717) is 6.54 Å². The number of hydrogen-bond donors (Lipinski definition) is 2. The first-order chi connectivity index (χ1) is 9.66. The van der Waals surface area contributed by atoms with E-state index in [1.807, 2.05) is 0 Å². The largest absolute Gasteiger partial charge is 0.349 e. The first-order valence-electron chi connectivity index (χ1n) is 7.85. The molecule has 0 spiro atoms. The van der Waals surface area contributed by atoms with E-state index in [4.69, 9.17) is 5.73 Å². The average molecular weight is 292 g/mol. The van der Waals surface area contributed by atoms with Crippen molar-refractivity contribution in [3.63, 3.8) is 0 Å². The maximum absolute atomic E-state index is 12.3. The maximum Gasteiger partial charge on any atom is 0.261 e. The van der Waals surface area contributed by atoms with Crippen LogP contribution >= 0.6 is 11.3 Å². The summed E-state index contributed by atoms with van der Waals surface area (Å²) in [5.74, 6) is 0.0693. The quantitative estimate of drug-likeness (QED) is 0.899. The number of carbonyl (C=O) groups excluding carboxylic acids is 1. The van der Waals surface area contributed by atoms with Crippen LogP contribution in [-0.4, -0.2) is 18.0 Å². The number of aryl methyl sites for hydroxylation is 2. The highest BCUT2D eigenvalue weighted by Crippen LogP contribution is 2.30. The third-order valence-electron chi connectivity index (χ3n) is 4.67. The average Bonchev–Trinajstić information content (AvgIpc) is 2.89. The highest BCUT2D eigenvalue weighted by Gasteiger charge is 2.28. The van der Waals surface area contributed by atoms with Crippen molar-refractivity contribution in [1.82, 2.24) is 5.32 Å². The van der Waals surface area contributed by atoms with Gasteiger partial charge in [0.05, 0.1) is 4.88 Å². The fraction of sp³-hybridized carbons (Fsp3) is 0.688. The van der Waals surface area contributed by atoms with Crippen LogP contribution in [0.1, 0.15) is 65.1 Å². The van der Waals surface area contributed by atoms with Gasteiger partial charge in [-0.3, -0.25) is 4.79 Å². The van der Waals surface area contributed by atoms with E-state index in [1.54, 1.807) is 11.3 Å². The summed E-state index contributed by atoms with van der Waals surface area (Å²) in [4.78, 5) is 14.6. The van der Waals surface area contributed by atoms with E-state index in [9.17, 15) is 4.79 Å². The molecule has 1 amide bonds. The molecule has 2 aliphatic rings. The van der Waals surface area contributed by atoms with E-state index in [1.165, 1.54) is 42.5 Å². The van der Waals surface area contributed by atoms with Crippen LogP contribution in [0.5, 0.6) is 0 Å². The summed E-state index contributed by atoms with van der Waals surface area (Å²) in [7, 11) is 0. The van der Waals surface area contributed by atoms with E-state index < -0.39 is 0 Å². The van der Waals surface area contributed by atoms with Crippen molar-refractivity contribution in [2.45, 2.75) is 63.3 Å². The van der Waals surface area contributed by atoms with Crippen molar-refractivity contribution in [3.05, 3.63) is 21.4 Å². The van der Waals surface area contributed by atoms with Crippen LogP contribution in [0, 0.1) is 0 Å². The third-order valence-corrected chi connectivity index (χ3v) is 5.91. The first-order valence-corrected chi connectivity index (χ1v) is 8.67. The molecular weight excluding hydrogens is 268 g/mol. The predicted octanol–water partition coefficient (Wildman–Crippen LogP) is 3.02. The second-order valence-corrected chi connectivity index (χ2v) is 7.51. The molecule has 0 atom stereocenters. The lowest BCUT2D eigenvalue weighted by Crippen LogP contribution is -2.51. The number of amides is 1. The topological polar surface area (TPSA) is 55.1 Å². The fourth-order valence-corrected chi connectivity index (χ4v) is 4.55. The Morgan fingerprint density at radius 3 is 2.70 bits per heavy atom. The van der Waals surface area contributed by atoms with Gasteiger partial charge < -0.3 is 11.1 Å². The van der Waals surface area contributed by atoms with Crippen LogP contribution in [0.15, 0.2) is 6.07 Å². The van der Waals surface area contributed by atoms with Crippen LogP contribution in [-0.2, 0) is 12.8 Å². The van der Waals surface area contributed by atoms with Crippen LogP contribution in [0.25, 0.3) is 0 Å². The molecule has 3 nitrogen and oxygen atoms in total. The number of hydrogen-bond acceptors (Lipinski definition) is 3. The molecular formula is C16H24N2OS. The molecule has 0 aromatic carbocycles. The smallest absolute Gasteiger partial charge is 0.261 e. The number of nitrogens with one attached hydrogen (secondary N) is 1. The van der Waals surface area contributed by atoms with Gasteiger partial charge in [0.1, 0.15) is 0 Å². The summed E-state index contributed by atoms with van der Waals surface area (Å²) in [6.45, 7) is 0.619. The molecule has 0 bridgehead atoms. The molecule has 20 heavy (non-hydrogen) atoms. The summed E-state index contributed by atoms with van der Waals surface area (Å²) >= 11 is 1.68. The molecule has 1 fully saturated rings. The summed E-state index contributed by atoms with van der Waals surface area (Å²) in [6, 6.07) is 2.10. The minimum atomic E-state index is -0.176. The van der Waals surface area contributed by atoms with E-state index in [2.05, 4.69) is 11.4 Å². The lowest BCUT2D eigenvalue weighted by molar-refractivity contribution is 0.0941. The SMILES string of the molecule is NC1(CNC(=O)c2cc3c(s2)CCCC3)CCCCC1. The summed E-state index contributed by atoms with van der Waals surface area (Å²) in [5.41, 5.74) is 7.59. The number of rotatable bonds is 3. The van der Waals surface area contributed by atoms with Crippen LogP contribution in [0.3, 0.4) is 0 Å². The molecule has 1 aromatic heterocycles. The van der Waals surface area contributed by atoms with Crippen LogP contribution in [0.4, 0.5) is 0 Å². The zero-order valence-electron chi connectivity index (χ0n) is 12.0. The lowest BCUT2D eigenvalue weighted by atomic mass is 9.82. The minimum Gasteiger partial charge on any atom is -0.349 e. The summed E-state index contributed by atoms with van der Waals surface area (Å²) in [6.07, 6.45) is 10.6. The van der Waals surface area contributed by atoms with Gasteiger partial charge >= 0.3 is 0 Å². The van der Waals surface area contributed by atoms with Gasteiger partial charge in [-0.15, -0.1) is 11.3 Å². The molecule has 0 unspecified atom stereocenters. The maximum atomic E-state index is 12.3. The molecule has 3 rings (SSSR count). The standard InChI is InChI=1S/C16H24N2OS/c17-16(8-4-1-5-9-16)11-18-15(19)14-10-12-6-2-3-7-13(12)20-14/h10H,1-9,11,17H2,(H,18,19). The zero-order chi connectivity index (χ0) is 14.0. The zero-order valence-corrected chi connectivity index (χ0v) is 12.9. The summed E-state index contributed by atoms with van der Waals surface area (Å²) in [5, 5.41) is 3.06. The van der Waals surface area contributed by atoms with Gasteiger partial charge in [0.15, 0.2) is 0 Å². The molecule has 110 valence electrons. The van der Waals surface area contributed by atoms with Gasteiger partial charge in [-0.05, 0) is 50.2 Å². The summed E-state index contributed by atoms with van der Waals surface area (Å²) < 4.78 is 0. The highest BCUT2D eigenvalue weighted by molar-refractivity contribution is 7.14. The Kier molecular flexibility index (Phi) is 4.13. The fourth-order valence-electron chi connectivity index (χ4n) is 3.38. The van der Waals surface area contributed by atoms with Crippen molar-refractivity contribution >= 4 is 17.2 Å². The molecule has 1 aromatic rings. The normalized spacial score (nSPS) is 21.2. The van der Waals surface area contributed by atoms with Crippen molar-refractivity contribution < 1.29 is 4.79 Å². The van der Waals surface area contributed by atoms with Gasteiger partial charge in [0.2, 0.25) is 0 Å². The Balaban J connectivity index is 1.60. The molecule has 0 radical (unpaired) electrons. The molecule has 1 heterocycles. The van der Waals surface area contributed by atoms with Gasteiger partial charge in [-0.2, -0.15) is 0 Å². The van der Waals surface area contributed by atoms with E-state index in [-0.39, 0.29) is 11.4 Å². The van der Waals surface area contributed by atoms with E-state index in [0.717, 1.165) is 30.6 Å². The number of thiophene rings is 1. The third kappa shape index (κ3) is 3.07. The van der Waals surface area contributed by atoms with Crippen LogP contribution < -0.4 is 11.1 Å². The minimum absolute atomic E-state index is 0.0693. The first kappa shape index (κ1) is 14.1. The van der Waals surface area contributed by atoms with Crippen molar-refractivity contribution in [2.75, 3.05) is 6.54 Å². The van der Waals surface area contributed by atoms with Gasteiger partial charge in [0.25, 0.3) is 5.91 Å². The van der Waals surface area contributed by atoms with Gasteiger partial charge in [-0.25, -0.2) is 0 Å². The Labute approximate surface area is 124 Å². The number of carbonyl (C=O) groups is 1. The second kappa shape index (κ2) is 5.86. The van der Waals surface area contributed by atoms with Gasteiger partial charge in [0, 0.05) is 17.0 Å². The Morgan fingerprint density at radius 1 is 1.20 bits per heavy atom.